The van der Waals surface area contributed by atoms with Gasteiger partial charge in [-0.15, -0.1) is 11.3 Å². The van der Waals surface area contributed by atoms with E-state index in [1.165, 1.54) is 18.3 Å². The first kappa shape index (κ1) is 23.0. The first-order valence-electron chi connectivity index (χ1n) is 9.92. The number of thiophene rings is 1. The number of para-hydroxylation sites is 2. The number of hydrogen-bond donors (Lipinski definition) is 2. The molecule has 0 saturated heterocycles. The molecule has 0 bridgehead atoms. The highest BCUT2D eigenvalue weighted by Gasteiger charge is 2.22. The van der Waals surface area contributed by atoms with E-state index >= 15 is 0 Å². The lowest BCUT2D eigenvalue weighted by Gasteiger charge is -2.13. The maximum atomic E-state index is 12.6. The summed E-state index contributed by atoms with van der Waals surface area (Å²) in [6.07, 6.45) is 0. The fraction of sp³-hybridized carbons (Fsp3) is 0.208. The number of esters is 1. The molecule has 1 heterocycles. The van der Waals surface area contributed by atoms with Crippen LogP contribution in [0.15, 0.2) is 48.5 Å². The molecular weight excluding hydrogens is 428 g/mol. The van der Waals surface area contributed by atoms with Gasteiger partial charge in [0.15, 0.2) is 12.4 Å². The molecule has 8 heteroatoms. The molecule has 0 atom stereocenters. The molecule has 166 valence electrons. The monoisotopic (exact) mass is 452 g/mol. The van der Waals surface area contributed by atoms with Gasteiger partial charge in [0.1, 0.15) is 10.8 Å². The third-order valence-corrected chi connectivity index (χ3v) is 5.75. The van der Waals surface area contributed by atoms with E-state index in [0.717, 1.165) is 10.4 Å². The van der Waals surface area contributed by atoms with E-state index in [-0.39, 0.29) is 11.5 Å². The van der Waals surface area contributed by atoms with E-state index < -0.39 is 18.5 Å². The lowest BCUT2D eigenvalue weighted by Crippen LogP contribution is -2.22. The van der Waals surface area contributed by atoms with Crippen molar-refractivity contribution in [2.24, 2.45) is 0 Å². The van der Waals surface area contributed by atoms with E-state index in [1.807, 2.05) is 38.1 Å². The molecule has 0 aliphatic rings. The smallest absolute Gasteiger partial charge is 0.341 e. The van der Waals surface area contributed by atoms with Gasteiger partial charge in [-0.05, 0) is 50.6 Å². The molecule has 2 amide bonds. The molecule has 2 N–H and O–H groups in total. The minimum Gasteiger partial charge on any atom is -0.455 e. The van der Waals surface area contributed by atoms with Crippen molar-refractivity contribution in [3.05, 3.63) is 70.1 Å². The van der Waals surface area contributed by atoms with Crippen LogP contribution in [0.2, 0.25) is 0 Å². The van der Waals surface area contributed by atoms with Gasteiger partial charge in [0.05, 0.1) is 11.3 Å². The van der Waals surface area contributed by atoms with Crippen LogP contribution in [0.4, 0.5) is 10.7 Å². The Bertz CT molecular complexity index is 1150. The highest BCUT2D eigenvalue weighted by atomic mass is 32.1. The predicted octanol–water partition coefficient (Wildman–Crippen LogP) is 5.22. The minimum atomic E-state index is -0.671. The zero-order valence-corrected chi connectivity index (χ0v) is 19.1. The molecule has 0 fully saturated rings. The van der Waals surface area contributed by atoms with Crippen LogP contribution in [0.3, 0.4) is 0 Å². The Kier molecular flexibility index (Phi) is 7.27. The van der Waals surface area contributed by atoms with Crippen LogP contribution in [0, 0.1) is 20.8 Å². The quantitative estimate of drug-likeness (QED) is 0.480. The SMILES string of the molecule is CC(=O)Nc1sc(C)c(C)c1C(=O)OCC(=O)Nc1ccccc1Oc1ccc(C)cc1. The number of ether oxygens (including phenoxy) is 2. The van der Waals surface area contributed by atoms with Gasteiger partial charge in [-0.3, -0.25) is 9.59 Å². The van der Waals surface area contributed by atoms with E-state index in [4.69, 9.17) is 9.47 Å². The highest BCUT2D eigenvalue weighted by molar-refractivity contribution is 7.16. The van der Waals surface area contributed by atoms with E-state index in [2.05, 4.69) is 10.6 Å². The maximum absolute atomic E-state index is 12.6. The maximum Gasteiger partial charge on any atom is 0.341 e. The third-order valence-electron chi connectivity index (χ3n) is 4.62. The van der Waals surface area contributed by atoms with E-state index in [1.54, 1.807) is 31.2 Å². The van der Waals surface area contributed by atoms with Crippen LogP contribution in [0.1, 0.15) is 33.3 Å². The van der Waals surface area contributed by atoms with E-state index in [0.29, 0.717) is 27.8 Å². The summed E-state index contributed by atoms with van der Waals surface area (Å²) in [5.41, 5.74) is 2.54. The second-order valence-electron chi connectivity index (χ2n) is 7.20. The largest absolute Gasteiger partial charge is 0.455 e. The van der Waals surface area contributed by atoms with Crippen molar-refractivity contribution in [3.8, 4) is 11.5 Å². The second-order valence-corrected chi connectivity index (χ2v) is 8.43. The van der Waals surface area contributed by atoms with Crippen molar-refractivity contribution in [1.29, 1.82) is 0 Å². The molecule has 3 aromatic rings. The first-order valence-corrected chi connectivity index (χ1v) is 10.7. The number of nitrogens with one attached hydrogen (secondary N) is 2. The molecule has 1 aromatic heterocycles. The molecule has 3 rings (SSSR count). The van der Waals surface area contributed by atoms with Gasteiger partial charge in [0, 0.05) is 11.8 Å². The molecule has 2 aromatic carbocycles. The van der Waals surface area contributed by atoms with Gasteiger partial charge in [-0.1, -0.05) is 29.8 Å². The molecule has 0 aliphatic heterocycles. The Morgan fingerprint density at radius 2 is 1.62 bits per heavy atom. The van der Waals surface area contributed by atoms with Crippen molar-refractivity contribution >= 4 is 39.8 Å². The van der Waals surface area contributed by atoms with Crippen molar-refractivity contribution in [3.63, 3.8) is 0 Å². The Hall–Kier alpha value is -3.65. The van der Waals surface area contributed by atoms with Crippen molar-refractivity contribution in [2.45, 2.75) is 27.7 Å². The molecular formula is C24H24N2O5S. The van der Waals surface area contributed by atoms with Gasteiger partial charge in [0.2, 0.25) is 5.91 Å². The second kappa shape index (κ2) is 10.1. The normalized spacial score (nSPS) is 10.4. The fourth-order valence-corrected chi connectivity index (χ4v) is 4.00. The summed E-state index contributed by atoms with van der Waals surface area (Å²) in [5.74, 6) is -0.368. The van der Waals surface area contributed by atoms with Crippen LogP contribution < -0.4 is 15.4 Å². The Labute approximate surface area is 190 Å². The number of anilines is 2. The van der Waals surface area contributed by atoms with Gasteiger partial charge in [-0.2, -0.15) is 0 Å². The van der Waals surface area contributed by atoms with Gasteiger partial charge in [0.25, 0.3) is 5.91 Å². The number of carbonyl (C=O) groups excluding carboxylic acids is 3. The lowest BCUT2D eigenvalue weighted by molar-refractivity contribution is -0.119. The Morgan fingerprint density at radius 1 is 0.938 bits per heavy atom. The zero-order chi connectivity index (χ0) is 23.3. The summed E-state index contributed by atoms with van der Waals surface area (Å²) in [6, 6.07) is 14.5. The average Bonchev–Trinajstić information content (AvgIpc) is 3.02. The molecule has 0 radical (unpaired) electrons. The zero-order valence-electron chi connectivity index (χ0n) is 18.3. The number of aryl methyl sites for hydroxylation is 2. The Balaban J connectivity index is 1.65. The lowest BCUT2D eigenvalue weighted by atomic mass is 10.1. The molecule has 0 unspecified atom stereocenters. The summed E-state index contributed by atoms with van der Waals surface area (Å²) in [5, 5.41) is 5.76. The Morgan fingerprint density at radius 3 is 2.31 bits per heavy atom. The molecule has 0 spiro atoms. The fourth-order valence-electron chi connectivity index (χ4n) is 2.90. The molecule has 0 saturated carbocycles. The van der Waals surface area contributed by atoms with Crippen LogP contribution in [-0.4, -0.2) is 24.4 Å². The van der Waals surface area contributed by atoms with Gasteiger partial charge >= 0.3 is 5.97 Å². The molecule has 32 heavy (non-hydrogen) atoms. The summed E-state index contributed by atoms with van der Waals surface area (Å²) in [6.45, 7) is 6.48. The highest BCUT2D eigenvalue weighted by Crippen LogP contribution is 2.33. The standard InChI is InChI=1S/C24H24N2O5S/c1-14-9-11-18(12-10-14)31-20-8-6-5-7-19(20)26-21(28)13-30-24(29)22-15(2)16(3)32-23(22)25-17(4)27/h5-12H,13H2,1-4H3,(H,25,27)(H,26,28). The number of benzene rings is 2. The van der Waals surface area contributed by atoms with Gasteiger partial charge in [-0.25, -0.2) is 4.79 Å². The first-order chi connectivity index (χ1) is 15.2. The molecule has 0 aliphatic carbocycles. The minimum absolute atomic E-state index is 0.263. The predicted molar refractivity (Wildman–Crippen MR) is 125 cm³/mol. The number of hydrogen-bond acceptors (Lipinski definition) is 6. The number of rotatable bonds is 7. The number of carbonyl (C=O) groups is 3. The van der Waals surface area contributed by atoms with Crippen LogP contribution >= 0.6 is 11.3 Å². The van der Waals surface area contributed by atoms with Crippen molar-refractivity contribution in [2.75, 3.05) is 17.2 Å². The topological polar surface area (TPSA) is 93.7 Å². The van der Waals surface area contributed by atoms with E-state index in [9.17, 15) is 14.4 Å². The summed E-state index contributed by atoms with van der Waals surface area (Å²) in [4.78, 5) is 37.3. The van der Waals surface area contributed by atoms with Crippen LogP contribution in [0.5, 0.6) is 11.5 Å². The van der Waals surface area contributed by atoms with Crippen molar-refractivity contribution < 1.29 is 23.9 Å². The summed E-state index contributed by atoms with van der Waals surface area (Å²) < 4.78 is 11.1. The van der Waals surface area contributed by atoms with Gasteiger partial charge < -0.3 is 20.1 Å². The molecule has 7 nitrogen and oxygen atoms in total. The number of amides is 2. The van der Waals surface area contributed by atoms with Crippen LogP contribution in [-0.2, 0) is 14.3 Å². The summed E-state index contributed by atoms with van der Waals surface area (Å²) in [7, 11) is 0. The summed E-state index contributed by atoms with van der Waals surface area (Å²) >= 11 is 1.29. The third kappa shape index (κ3) is 5.73. The van der Waals surface area contributed by atoms with Crippen LogP contribution in [0.25, 0.3) is 0 Å². The van der Waals surface area contributed by atoms with Crippen molar-refractivity contribution in [1.82, 2.24) is 0 Å². The average molecular weight is 453 g/mol.